The minimum atomic E-state index is -0.164. The van der Waals surface area contributed by atoms with Crippen LogP contribution >= 0.6 is 0 Å². The number of hydrogen-bond acceptors (Lipinski definition) is 2. The number of fused-ring (bicyclic) bond motifs is 1. The van der Waals surface area contributed by atoms with Gasteiger partial charge in [0, 0.05) is 13.6 Å². The summed E-state index contributed by atoms with van der Waals surface area (Å²) in [5, 5.41) is 5.31. The molecule has 78 valence electrons. The van der Waals surface area contributed by atoms with E-state index in [4.69, 9.17) is 0 Å². The first-order valence-corrected chi connectivity index (χ1v) is 4.57. The van der Waals surface area contributed by atoms with Crippen LogP contribution in [0.15, 0.2) is 18.2 Å². The molecule has 0 saturated heterocycles. The Bertz CT molecular complexity index is 417. The molecule has 1 heterocycles. The van der Waals surface area contributed by atoms with Crippen molar-refractivity contribution in [2.45, 2.75) is 6.54 Å². The fraction of sp³-hybridized carbons (Fsp3) is 0.200. The van der Waals surface area contributed by atoms with E-state index in [-0.39, 0.29) is 6.03 Å². The van der Waals surface area contributed by atoms with Crippen molar-refractivity contribution in [3.05, 3.63) is 23.8 Å². The number of nitrogens with zero attached hydrogens (tertiary/aromatic N) is 1. The molecular weight excluding hydrogens is 194 g/mol. The van der Waals surface area contributed by atoms with Gasteiger partial charge in [-0.15, -0.1) is 0 Å². The lowest BCUT2D eigenvalue weighted by Gasteiger charge is -2.28. The third-order valence-electron chi connectivity index (χ3n) is 2.40. The van der Waals surface area contributed by atoms with Gasteiger partial charge in [0.1, 0.15) is 0 Å². The largest absolute Gasteiger partial charge is 0.334 e. The average Bonchev–Trinajstić information content (AvgIpc) is 2.24. The second-order valence-corrected chi connectivity index (χ2v) is 3.29. The lowest BCUT2D eigenvalue weighted by molar-refractivity contribution is -0.105. The quantitative estimate of drug-likeness (QED) is 0.705. The summed E-state index contributed by atoms with van der Waals surface area (Å²) in [6.45, 7) is 0.493. The van der Waals surface area contributed by atoms with Crippen molar-refractivity contribution in [3.8, 4) is 0 Å². The van der Waals surface area contributed by atoms with Crippen LogP contribution in [0, 0.1) is 0 Å². The highest BCUT2D eigenvalue weighted by Gasteiger charge is 2.22. The predicted molar refractivity (Wildman–Crippen MR) is 56.8 cm³/mol. The maximum absolute atomic E-state index is 11.4. The van der Waals surface area contributed by atoms with Crippen LogP contribution in [-0.2, 0) is 11.3 Å². The minimum Gasteiger partial charge on any atom is -0.334 e. The summed E-state index contributed by atoms with van der Waals surface area (Å²) in [6, 6.07) is 5.36. The van der Waals surface area contributed by atoms with Gasteiger partial charge in [0.25, 0.3) is 0 Å². The van der Waals surface area contributed by atoms with Gasteiger partial charge in [-0.05, 0) is 11.6 Å². The van der Waals surface area contributed by atoms with Gasteiger partial charge in [0.05, 0.1) is 11.4 Å². The molecule has 0 atom stereocenters. The molecule has 1 aromatic carbocycles. The molecule has 0 fully saturated rings. The second-order valence-electron chi connectivity index (χ2n) is 3.29. The van der Waals surface area contributed by atoms with Crippen molar-refractivity contribution in [1.29, 1.82) is 0 Å². The summed E-state index contributed by atoms with van der Waals surface area (Å²) in [5.74, 6) is 0. The molecule has 1 aliphatic heterocycles. The molecule has 15 heavy (non-hydrogen) atoms. The SMILES string of the molecule is CN1C(=O)NCc2cccc(NC=O)c21. The van der Waals surface area contributed by atoms with E-state index in [1.165, 1.54) is 4.90 Å². The first-order valence-electron chi connectivity index (χ1n) is 4.57. The van der Waals surface area contributed by atoms with Crippen LogP contribution in [-0.4, -0.2) is 19.5 Å². The molecule has 0 saturated carbocycles. The molecule has 3 amide bonds. The molecule has 2 rings (SSSR count). The molecule has 0 bridgehead atoms. The molecule has 0 radical (unpaired) electrons. The third-order valence-corrected chi connectivity index (χ3v) is 2.40. The van der Waals surface area contributed by atoms with E-state index in [1.54, 1.807) is 13.1 Å². The first kappa shape index (κ1) is 9.51. The topological polar surface area (TPSA) is 61.4 Å². The summed E-state index contributed by atoms with van der Waals surface area (Å²) < 4.78 is 0. The Balaban J connectivity index is 2.51. The zero-order valence-electron chi connectivity index (χ0n) is 8.28. The van der Waals surface area contributed by atoms with E-state index in [9.17, 15) is 9.59 Å². The summed E-state index contributed by atoms with van der Waals surface area (Å²) in [5.41, 5.74) is 2.40. The Morgan fingerprint density at radius 1 is 1.53 bits per heavy atom. The number of para-hydroxylation sites is 1. The Hall–Kier alpha value is -2.04. The number of carbonyl (C=O) groups is 2. The van der Waals surface area contributed by atoms with E-state index >= 15 is 0 Å². The fourth-order valence-electron chi connectivity index (χ4n) is 1.70. The second kappa shape index (κ2) is 3.61. The first-order chi connectivity index (χ1) is 7.24. The third kappa shape index (κ3) is 1.52. The summed E-state index contributed by atoms with van der Waals surface area (Å²) in [6.07, 6.45) is 0.607. The summed E-state index contributed by atoms with van der Waals surface area (Å²) in [4.78, 5) is 23.3. The van der Waals surface area contributed by atoms with Crippen LogP contribution < -0.4 is 15.5 Å². The van der Waals surface area contributed by atoms with E-state index in [2.05, 4.69) is 10.6 Å². The number of nitrogens with one attached hydrogen (secondary N) is 2. The van der Waals surface area contributed by atoms with Gasteiger partial charge in [-0.2, -0.15) is 0 Å². The van der Waals surface area contributed by atoms with Crippen molar-refractivity contribution in [3.63, 3.8) is 0 Å². The molecule has 0 spiro atoms. The van der Waals surface area contributed by atoms with Gasteiger partial charge in [0.15, 0.2) is 0 Å². The number of benzene rings is 1. The van der Waals surface area contributed by atoms with Gasteiger partial charge < -0.3 is 10.6 Å². The summed E-state index contributed by atoms with van der Waals surface area (Å²) >= 11 is 0. The van der Waals surface area contributed by atoms with Crippen molar-refractivity contribution in [2.24, 2.45) is 0 Å². The van der Waals surface area contributed by atoms with E-state index < -0.39 is 0 Å². The molecule has 2 N–H and O–H groups in total. The number of amides is 3. The Kier molecular flexibility index (Phi) is 2.29. The highest BCUT2D eigenvalue weighted by molar-refractivity contribution is 5.99. The van der Waals surface area contributed by atoms with Crippen LogP contribution in [0.4, 0.5) is 16.2 Å². The molecule has 0 unspecified atom stereocenters. The lowest BCUT2D eigenvalue weighted by Crippen LogP contribution is -2.41. The van der Waals surface area contributed by atoms with Crippen LogP contribution in [0.3, 0.4) is 0 Å². The smallest absolute Gasteiger partial charge is 0.321 e. The maximum atomic E-state index is 11.4. The highest BCUT2D eigenvalue weighted by Crippen LogP contribution is 2.31. The van der Waals surface area contributed by atoms with Gasteiger partial charge in [0.2, 0.25) is 6.41 Å². The average molecular weight is 205 g/mol. The van der Waals surface area contributed by atoms with E-state index in [0.717, 1.165) is 11.3 Å². The van der Waals surface area contributed by atoms with Crippen LogP contribution in [0.1, 0.15) is 5.56 Å². The Morgan fingerprint density at radius 2 is 2.33 bits per heavy atom. The number of hydrogen-bond donors (Lipinski definition) is 2. The standard InChI is InChI=1S/C10H11N3O2/c1-13-9-7(5-11-10(13)15)3-2-4-8(9)12-6-14/h2-4,6H,5H2,1H3,(H,11,15)(H,12,14). The fourth-order valence-corrected chi connectivity index (χ4v) is 1.70. The summed E-state index contributed by atoms with van der Waals surface area (Å²) in [7, 11) is 1.67. The van der Waals surface area contributed by atoms with Crippen LogP contribution in [0.5, 0.6) is 0 Å². The van der Waals surface area contributed by atoms with Gasteiger partial charge in [-0.1, -0.05) is 12.1 Å². The Morgan fingerprint density at radius 3 is 3.07 bits per heavy atom. The molecule has 5 nitrogen and oxygen atoms in total. The molecular formula is C10H11N3O2. The van der Waals surface area contributed by atoms with Crippen molar-refractivity contribution >= 4 is 23.8 Å². The number of anilines is 2. The zero-order valence-corrected chi connectivity index (χ0v) is 8.28. The van der Waals surface area contributed by atoms with Gasteiger partial charge in [-0.3, -0.25) is 9.69 Å². The Labute approximate surface area is 87.1 Å². The predicted octanol–water partition coefficient (Wildman–Crippen LogP) is 0.914. The normalized spacial score (nSPS) is 14.2. The molecule has 1 aromatic rings. The van der Waals surface area contributed by atoms with Crippen LogP contribution in [0.2, 0.25) is 0 Å². The lowest BCUT2D eigenvalue weighted by atomic mass is 10.1. The van der Waals surface area contributed by atoms with E-state index in [1.807, 2.05) is 12.1 Å². The van der Waals surface area contributed by atoms with E-state index in [0.29, 0.717) is 18.6 Å². The number of rotatable bonds is 2. The monoisotopic (exact) mass is 205 g/mol. The van der Waals surface area contributed by atoms with Crippen molar-refractivity contribution in [1.82, 2.24) is 5.32 Å². The molecule has 5 heteroatoms. The highest BCUT2D eigenvalue weighted by atomic mass is 16.2. The molecule has 0 aromatic heterocycles. The van der Waals surface area contributed by atoms with Crippen molar-refractivity contribution in [2.75, 3.05) is 17.3 Å². The van der Waals surface area contributed by atoms with Crippen LogP contribution in [0.25, 0.3) is 0 Å². The maximum Gasteiger partial charge on any atom is 0.321 e. The number of urea groups is 1. The minimum absolute atomic E-state index is 0.164. The number of carbonyl (C=O) groups excluding carboxylic acids is 2. The van der Waals surface area contributed by atoms with Crippen molar-refractivity contribution < 1.29 is 9.59 Å². The zero-order chi connectivity index (χ0) is 10.8. The van der Waals surface area contributed by atoms with Gasteiger partial charge in [-0.25, -0.2) is 4.79 Å². The molecule has 0 aliphatic carbocycles. The molecule has 1 aliphatic rings. The van der Waals surface area contributed by atoms with Gasteiger partial charge >= 0.3 is 6.03 Å².